The van der Waals surface area contributed by atoms with Crippen LogP contribution >= 0.6 is 22.9 Å². The Hall–Kier alpha value is -2.43. The maximum absolute atomic E-state index is 14.1. The smallest absolute Gasteiger partial charge is 0.280 e. The number of hydrogen-bond donors (Lipinski definition) is 2. The number of ketones is 1. The molecule has 3 atom stereocenters. The van der Waals surface area contributed by atoms with Gasteiger partial charge in [0.1, 0.15) is 18.5 Å². The summed E-state index contributed by atoms with van der Waals surface area (Å²) in [4.78, 5) is 48.7. The fourth-order valence-electron chi connectivity index (χ4n) is 4.75. The Kier molecular flexibility index (Phi) is 7.90. The molecule has 2 aliphatic rings. The van der Waals surface area contributed by atoms with Crippen LogP contribution in [0.2, 0.25) is 0 Å². The van der Waals surface area contributed by atoms with Gasteiger partial charge in [-0.05, 0) is 31.2 Å². The molecule has 2 N–H and O–H groups in total. The van der Waals surface area contributed by atoms with Crippen molar-refractivity contribution in [1.29, 1.82) is 0 Å². The predicted molar refractivity (Wildman–Crippen MR) is 125 cm³/mol. The topological polar surface area (TPSA) is 112 Å². The highest BCUT2D eigenvalue weighted by Gasteiger charge is 2.43. The Balaban J connectivity index is 1.56. The van der Waals surface area contributed by atoms with Gasteiger partial charge in [0.15, 0.2) is 10.8 Å². The molecule has 34 heavy (non-hydrogen) atoms. The summed E-state index contributed by atoms with van der Waals surface area (Å²) in [5, 5.41) is 11.9. The van der Waals surface area contributed by atoms with Gasteiger partial charge in [-0.1, -0.05) is 19.3 Å². The van der Waals surface area contributed by atoms with Crippen LogP contribution in [0.3, 0.4) is 0 Å². The number of alkyl halides is 1. The van der Waals surface area contributed by atoms with Gasteiger partial charge in [0.05, 0.1) is 22.5 Å². The Bertz CT molecular complexity index is 1060. The van der Waals surface area contributed by atoms with Crippen molar-refractivity contribution in [3.8, 4) is 10.4 Å². The fraction of sp³-hybridized carbons (Fsp3) is 0.522. The van der Waals surface area contributed by atoms with E-state index in [0.717, 1.165) is 49.6 Å². The summed E-state index contributed by atoms with van der Waals surface area (Å²) in [5.41, 5.74) is 0.294. The lowest BCUT2D eigenvalue weighted by Gasteiger charge is -2.34. The minimum atomic E-state index is -0.839. The van der Waals surface area contributed by atoms with E-state index in [0.29, 0.717) is 10.4 Å². The van der Waals surface area contributed by atoms with Gasteiger partial charge in [-0.25, -0.2) is 9.37 Å². The van der Waals surface area contributed by atoms with E-state index in [2.05, 4.69) is 15.3 Å². The van der Waals surface area contributed by atoms with E-state index < -0.39 is 41.6 Å². The van der Waals surface area contributed by atoms with Crippen LogP contribution in [-0.4, -0.2) is 68.2 Å². The lowest BCUT2D eigenvalue weighted by molar-refractivity contribution is -0.141. The largest absolute Gasteiger partial charge is 0.389 e. The summed E-state index contributed by atoms with van der Waals surface area (Å²) in [7, 11) is 0. The van der Waals surface area contributed by atoms with E-state index in [9.17, 15) is 23.9 Å². The number of hydrogen-bond acceptors (Lipinski definition) is 7. The van der Waals surface area contributed by atoms with E-state index in [4.69, 9.17) is 11.6 Å². The van der Waals surface area contributed by atoms with Gasteiger partial charge in [-0.2, -0.15) is 0 Å². The summed E-state index contributed by atoms with van der Waals surface area (Å²) in [6.45, 7) is -0.495. The summed E-state index contributed by atoms with van der Waals surface area (Å²) < 4.78 is 14.1. The second-order valence-electron chi connectivity index (χ2n) is 8.70. The molecule has 0 radical (unpaired) electrons. The maximum atomic E-state index is 14.1. The van der Waals surface area contributed by atoms with Crippen LogP contribution in [0, 0.1) is 11.7 Å². The number of Topliss-reactive ketones (excluding diaryl/α,β-unsaturated/α-hetero) is 1. The molecule has 4 rings (SSSR count). The number of carbonyl (C=O) groups is 3. The number of halogens is 2. The number of likely N-dealkylation sites (tertiary alicyclic amines) is 1. The number of nitrogens with one attached hydrogen (secondary N) is 1. The molecule has 2 aromatic heterocycles. The van der Waals surface area contributed by atoms with Gasteiger partial charge < -0.3 is 15.3 Å². The van der Waals surface area contributed by atoms with Crippen LogP contribution in [-0.2, 0) is 9.59 Å². The standard InChI is InChI=1S/C23H26ClFN4O4S/c24-14-8-17(18(31)12-30)29(11-14)23(33)20(13-4-2-1-3-5-13)28-21(32)22-27-10-19(34-22)15-6-7-26-9-16(15)25/h6-7,9-10,13-14,17,20,30H,1-5,8,11-12H2,(H,28,32). The average molecular weight is 509 g/mol. The molecule has 0 spiro atoms. The molecule has 2 fully saturated rings. The number of thiazole rings is 1. The second-order valence-corrected chi connectivity index (χ2v) is 10.3. The van der Waals surface area contributed by atoms with Crippen LogP contribution in [0.5, 0.6) is 0 Å². The molecule has 0 bridgehead atoms. The molecule has 11 heteroatoms. The number of nitrogens with zero attached hydrogens (tertiary/aromatic N) is 3. The van der Waals surface area contributed by atoms with Gasteiger partial charge in [0.2, 0.25) is 5.91 Å². The van der Waals surface area contributed by atoms with Gasteiger partial charge in [-0.3, -0.25) is 19.4 Å². The molecule has 1 saturated carbocycles. The molecule has 3 heterocycles. The molecular weight excluding hydrogens is 483 g/mol. The fourth-order valence-corrected chi connectivity index (χ4v) is 5.91. The molecule has 0 aromatic carbocycles. The highest BCUT2D eigenvalue weighted by atomic mass is 35.5. The number of amides is 2. The van der Waals surface area contributed by atoms with E-state index in [-0.39, 0.29) is 29.8 Å². The summed E-state index contributed by atoms with van der Waals surface area (Å²) in [6.07, 6.45) is 8.76. The van der Waals surface area contributed by atoms with Crippen molar-refractivity contribution in [2.75, 3.05) is 13.2 Å². The number of rotatable bonds is 7. The molecule has 1 aliphatic heterocycles. The minimum absolute atomic E-state index is 0.0819. The zero-order valence-electron chi connectivity index (χ0n) is 18.5. The minimum Gasteiger partial charge on any atom is -0.389 e. The van der Waals surface area contributed by atoms with Crippen molar-refractivity contribution >= 4 is 40.5 Å². The zero-order valence-corrected chi connectivity index (χ0v) is 20.0. The summed E-state index contributed by atoms with van der Waals surface area (Å²) >= 11 is 7.28. The number of aromatic nitrogens is 2. The van der Waals surface area contributed by atoms with Crippen molar-refractivity contribution in [1.82, 2.24) is 20.2 Å². The van der Waals surface area contributed by atoms with Crippen molar-refractivity contribution in [2.24, 2.45) is 5.92 Å². The highest BCUT2D eigenvalue weighted by Crippen LogP contribution is 2.32. The Morgan fingerprint density at radius 3 is 2.74 bits per heavy atom. The normalized spacial score (nSPS) is 21.9. The first-order valence-electron chi connectivity index (χ1n) is 11.3. The monoisotopic (exact) mass is 508 g/mol. The van der Waals surface area contributed by atoms with Crippen molar-refractivity contribution in [3.63, 3.8) is 0 Å². The number of aliphatic hydroxyl groups excluding tert-OH is 1. The third kappa shape index (κ3) is 5.29. The van der Waals surface area contributed by atoms with Crippen molar-refractivity contribution in [2.45, 2.75) is 56.0 Å². The Labute approximate surface area is 205 Å². The molecule has 3 unspecified atom stereocenters. The molecule has 8 nitrogen and oxygen atoms in total. The molecule has 2 amide bonds. The number of pyridine rings is 1. The molecular formula is C23H26ClFN4O4S. The van der Waals surface area contributed by atoms with Crippen LogP contribution in [0.15, 0.2) is 24.7 Å². The van der Waals surface area contributed by atoms with Crippen LogP contribution in [0.1, 0.15) is 48.3 Å². The first kappa shape index (κ1) is 24.7. The van der Waals surface area contributed by atoms with E-state index in [1.54, 1.807) is 0 Å². The molecule has 1 saturated heterocycles. The molecule has 1 aliphatic carbocycles. The quantitative estimate of drug-likeness (QED) is 0.556. The van der Waals surface area contributed by atoms with Crippen molar-refractivity contribution in [3.05, 3.63) is 35.5 Å². The zero-order chi connectivity index (χ0) is 24.2. The van der Waals surface area contributed by atoms with Crippen LogP contribution in [0.25, 0.3) is 10.4 Å². The highest BCUT2D eigenvalue weighted by molar-refractivity contribution is 7.17. The lowest BCUT2D eigenvalue weighted by atomic mass is 9.83. The first-order valence-corrected chi connectivity index (χ1v) is 12.6. The van der Waals surface area contributed by atoms with E-state index in [1.165, 1.54) is 23.4 Å². The number of aliphatic hydroxyl groups is 1. The van der Waals surface area contributed by atoms with Crippen molar-refractivity contribution < 1.29 is 23.9 Å². The second kappa shape index (κ2) is 10.9. The molecule has 182 valence electrons. The Morgan fingerprint density at radius 1 is 1.26 bits per heavy atom. The van der Waals surface area contributed by atoms with Crippen LogP contribution < -0.4 is 5.32 Å². The average Bonchev–Trinajstić information content (AvgIpc) is 3.49. The first-order chi connectivity index (χ1) is 16.4. The molecule has 2 aromatic rings. The van der Waals surface area contributed by atoms with Crippen LogP contribution in [0.4, 0.5) is 4.39 Å². The van der Waals surface area contributed by atoms with E-state index in [1.807, 2.05) is 0 Å². The van der Waals surface area contributed by atoms with Gasteiger partial charge in [0, 0.05) is 24.5 Å². The predicted octanol–water partition coefficient (Wildman–Crippen LogP) is 2.79. The Morgan fingerprint density at radius 2 is 2.03 bits per heavy atom. The van der Waals surface area contributed by atoms with Gasteiger partial charge in [-0.15, -0.1) is 22.9 Å². The summed E-state index contributed by atoms with van der Waals surface area (Å²) in [6, 6.07) is -0.134. The van der Waals surface area contributed by atoms with E-state index >= 15 is 0 Å². The maximum Gasteiger partial charge on any atom is 0.280 e. The summed E-state index contributed by atoms with van der Waals surface area (Å²) in [5.74, 6) is -1.96. The third-order valence-corrected chi connectivity index (χ3v) is 7.82. The number of carbonyl (C=O) groups excluding carboxylic acids is 3. The SMILES string of the molecule is O=C(NC(C(=O)N1CC(Cl)CC1C(=O)CO)C1CCCCC1)c1ncc(-c2ccncc2F)s1. The van der Waals surface area contributed by atoms with Gasteiger partial charge in [0.25, 0.3) is 5.91 Å². The van der Waals surface area contributed by atoms with Gasteiger partial charge >= 0.3 is 0 Å². The third-order valence-electron chi connectivity index (χ3n) is 6.47. The lowest BCUT2D eigenvalue weighted by Crippen LogP contribution is -2.55.